The van der Waals surface area contributed by atoms with Gasteiger partial charge in [-0.3, -0.25) is 0 Å². The zero-order chi connectivity index (χ0) is 13.9. The molecule has 2 aliphatic rings. The van der Waals surface area contributed by atoms with Gasteiger partial charge in [0, 0.05) is 19.6 Å². The first-order valence-electron chi connectivity index (χ1n) is 8.10. The van der Waals surface area contributed by atoms with E-state index in [9.17, 15) is 0 Å². The number of likely N-dealkylation sites (tertiary alicyclic amines) is 1. The first-order chi connectivity index (χ1) is 9.03. The molecule has 0 spiro atoms. The van der Waals surface area contributed by atoms with Gasteiger partial charge in [0.15, 0.2) is 0 Å². The SMILES string of the molecule is CC1CCC(CN)(CN(C)CC2CCN(C)C2)CC1. The van der Waals surface area contributed by atoms with Crippen LogP contribution in [0.15, 0.2) is 0 Å². The highest BCUT2D eigenvalue weighted by atomic mass is 15.2. The van der Waals surface area contributed by atoms with Gasteiger partial charge in [0.25, 0.3) is 0 Å². The Morgan fingerprint density at radius 1 is 1.26 bits per heavy atom. The average molecular weight is 267 g/mol. The Morgan fingerprint density at radius 2 is 1.95 bits per heavy atom. The maximum Gasteiger partial charge on any atom is 0.00471 e. The highest BCUT2D eigenvalue weighted by Gasteiger charge is 2.34. The molecule has 1 aliphatic carbocycles. The van der Waals surface area contributed by atoms with Crippen molar-refractivity contribution in [1.82, 2.24) is 9.80 Å². The third-order valence-electron chi connectivity index (χ3n) is 5.43. The van der Waals surface area contributed by atoms with Gasteiger partial charge in [-0.1, -0.05) is 19.8 Å². The van der Waals surface area contributed by atoms with Crippen molar-refractivity contribution in [3.63, 3.8) is 0 Å². The molecule has 0 aromatic carbocycles. The van der Waals surface area contributed by atoms with Crippen LogP contribution in [0.1, 0.15) is 39.0 Å². The summed E-state index contributed by atoms with van der Waals surface area (Å²) in [5, 5.41) is 0. The summed E-state index contributed by atoms with van der Waals surface area (Å²) in [4.78, 5) is 5.02. The summed E-state index contributed by atoms with van der Waals surface area (Å²) in [6.07, 6.45) is 6.78. The lowest BCUT2D eigenvalue weighted by Gasteiger charge is -2.41. The molecule has 0 aromatic rings. The molecular formula is C16H33N3. The van der Waals surface area contributed by atoms with Crippen molar-refractivity contribution in [2.75, 3.05) is 46.8 Å². The third-order valence-corrected chi connectivity index (χ3v) is 5.43. The summed E-state index contributed by atoms with van der Waals surface area (Å²) in [6.45, 7) is 8.26. The standard InChI is InChI=1S/C16H33N3/c1-14-4-7-16(12-17,8-5-14)13-19(3)11-15-6-9-18(2)10-15/h14-15H,4-13,17H2,1-3H3. The predicted molar refractivity (Wildman–Crippen MR) is 82.2 cm³/mol. The molecule has 1 atom stereocenters. The first-order valence-corrected chi connectivity index (χ1v) is 8.10. The number of rotatable bonds is 5. The van der Waals surface area contributed by atoms with Crippen LogP contribution in [0.5, 0.6) is 0 Å². The molecule has 1 saturated heterocycles. The molecule has 2 N–H and O–H groups in total. The van der Waals surface area contributed by atoms with E-state index in [1.807, 2.05) is 0 Å². The van der Waals surface area contributed by atoms with Gasteiger partial charge < -0.3 is 15.5 Å². The van der Waals surface area contributed by atoms with Crippen LogP contribution in [0.2, 0.25) is 0 Å². The molecule has 1 aliphatic heterocycles. The van der Waals surface area contributed by atoms with Gasteiger partial charge in [-0.2, -0.15) is 0 Å². The van der Waals surface area contributed by atoms with E-state index in [1.54, 1.807) is 0 Å². The van der Waals surface area contributed by atoms with Crippen LogP contribution in [0.25, 0.3) is 0 Å². The van der Waals surface area contributed by atoms with Crippen LogP contribution in [0.4, 0.5) is 0 Å². The van der Waals surface area contributed by atoms with E-state index >= 15 is 0 Å². The normalized spacial score (nSPS) is 37.1. The summed E-state index contributed by atoms with van der Waals surface area (Å²) >= 11 is 0. The first kappa shape index (κ1) is 15.3. The van der Waals surface area contributed by atoms with E-state index in [1.165, 1.54) is 58.3 Å². The van der Waals surface area contributed by atoms with Crippen LogP contribution in [0, 0.1) is 17.3 Å². The molecule has 2 fully saturated rings. The van der Waals surface area contributed by atoms with Gasteiger partial charge in [0.2, 0.25) is 0 Å². The molecule has 3 heteroatoms. The minimum absolute atomic E-state index is 0.408. The summed E-state index contributed by atoms with van der Waals surface area (Å²) in [5.74, 6) is 1.78. The lowest BCUT2D eigenvalue weighted by atomic mass is 9.70. The molecule has 1 saturated carbocycles. The second kappa shape index (κ2) is 6.55. The number of hydrogen-bond acceptors (Lipinski definition) is 3. The van der Waals surface area contributed by atoms with E-state index in [2.05, 4.69) is 30.8 Å². The van der Waals surface area contributed by atoms with Crippen molar-refractivity contribution in [1.29, 1.82) is 0 Å². The molecule has 112 valence electrons. The van der Waals surface area contributed by atoms with Crippen molar-refractivity contribution in [2.45, 2.75) is 39.0 Å². The van der Waals surface area contributed by atoms with Crippen molar-refractivity contribution in [2.24, 2.45) is 23.0 Å². The van der Waals surface area contributed by atoms with Crippen LogP contribution in [-0.4, -0.2) is 56.6 Å². The summed E-state index contributed by atoms with van der Waals surface area (Å²) < 4.78 is 0. The highest BCUT2D eigenvalue weighted by Crippen LogP contribution is 2.38. The molecule has 3 nitrogen and oxygen atoms in total. The summed E-state index contributed by atoms with van der Waals surface area (Å²) in [5.41, 5.74) is 6.54. The van der Waals surface area contributed by atoms with Crippen LogP contribution >= 0.6 is 0 Å². The van der Waals surface area contributed by atoms with Gasteiger partial charge in [-0.05, 0) is 63.7 Å². The number of nitrogens with two attached hydrogens (primary N) is 1. The molecule has 1 heterocycles. The zero-order valence-electron chi connectivity index (χ0n) is 13.2. The molecular weight excluding hydrogens is 234 g/mol. The van der Waals surface area contributed by atoms with Gasteiger partial charge >= 0.3 is 0 Å². The predicted octanol–water partition coefficient (Wildman–Crippen LogP) is 2.03. The van der Waals surface area contributed by atoms with Crippen LogP contribution in [0.3, 0.4) is 0 Å². The van der Waals surface area contributed by atoms with Gasteiger partial charge in [0.1, 0.15) is 0 Å². The quantitative estimate of drug-likeness (QED) is 0.827. The fourth-order valence-corrected chi connectivity index (χ4v) is 4.05. The second-order valence-corrected chi connectivity index (χ2v) is 7.50. The van der Waals surface area contributed by atoms with E-state index in [0.717, 1.165) is 18.4 Å². The zero-order valence-corrected chi connectivity index (χ0v) is 13.2. The van der Waals surface area contributed by atoms with Gasteiger partial charge in [-0.25, -0.2) is 0 Å². The van der Waals surface area contributed by atoms with Crippen molar-refractivity contribution in [3.05, 3.63) is 0 Å². The molecule has 2 rings (SSSR count). The van der Waals surface area contributed by atoms with Crippen LogP contribution in [-0.2, 0) is 0 Å². The number of hydrogen-bond donors (Lipinski definition) is 1. The Bertz CT molecular complexity index is 271. The monoisotopic (exact) mass is 267 g/mol. The Morgan fingerprint density at radius 3 is 2.47 bits per heavy atom. The Kier molecular flexibility index (Phi) is 5.27. The van der Waals surface area contributed by atoms with E-state index in [4.69, 9.17) is 5.73 Å². The Hall–Kier alpha value is -0.120. The second-order valence-electron chi connectivity index (χ2n) is 7.50. The third kappa shape index (κ3) is 4.17. The van der Waals surface area contributed by atoms with Crippen molar-refractivity contribution >= 4 is 0 Å². The minimum Gasteiger partial charge on any atom is -0.330 e. The largest absolute Gasteiger partial charge is 0.330 e. The average Bonchev–Trinajstić information content (AvgIpc) is 2.78. The molecule has 1 unspecified atom stereocenters. The fraction of sp³-hybridized carbons (Fsp3) is 1.00. The van der Waals surface area contributed by atoms with E-state index in [0.29, 0.717) is 5.41 Å². The summed E-state index contributed by atoms with van der Waals surface area (Å²) in [7, 11) is 4.54. The molecule has 0 radical (unpaired) electrons. The minimum atomic E-state index is 0.408. The van der Waals surface area contributed by atoms with E-state index < -0.39 is 0 Å². The fourth-order valence-electron chi connectivity index (χ4n) is 4.05. The Labute approximate surface area is 119 Å². The lowest BCUT2D eigenvalue weighted by molar-refractivity contribution is 0.101. The highest BCUT2D eigenvalue weighted by molar-refractivity contribution is 4.88. The van der Waals surface area contributed by atoms with Crippen LogP contribution < -0.4 is 5.73 Å². The van der Waals surface area contributed by atoms with Crippen molar-refractivity contribution in [3.8, 4) is 0 Å². The molecule has 19 heavy (non-hydrogen) atoms. The maximum absolute atomic E-state index is 6.13. The summed E-state index contributed by atoms with van der Waals surface area (Å²) in [6, 6.07) is 0. The number of nitrogens with zero attached hydrogens (tertiary/aromatic N) is 2. The van der Waals surface area contributed by atoms with Gasteiger partial charge in [-0.15, -0.1) is 0 Å². The van der Waals surface area contributed by atoms with E-state index in [-0.39, 0.29) is 0 Å². The maximum atomic E-state index is 6.13. The van der Waals surface area contributed by atoms with Crippen molar-refractivity contribution < 1.29 is 0 Å². The molecule has 0 bridgehead atoms. The molecule has 0 amide bonds. The molecule has 0 aromatic heterocycles. The van der Waals surface area contributed by atoms with Gasteiger partial charge in [0.05, 0.1) is 0 Å². The topological polar surface area (TPSA) is 32.5 Å². The lowest BCUT2D eigenvalue weighted by Crippen LogP contribution is -2.44. The Balaban J connectivity index is 1.80. The smallest absolute Gasteiger partial charge is 0.00471 e.